The number of nitrogens with zero attached hydrogens (tertiary/aromatic N) is 3. The molecule has 0 spiro atoms. The number of aromatic nitrogens is 2. The first-order valence-corrected chi connectivity index (χ1v) is 5.94. The zero-order chi connectivity index (χ0) is 15.6. The van der Waals surface area contributed by atoms with Crippen molar-refractivity contribution in [2.45, 2.75) is 0 Å². The van der Waals surface area contributed by atoms with Crippen LogP contribution >= 0.6 is 11.6 Å². The molecule has 0 unspecified atom stereocenters. The number of nitro benzene ring substituents is 1. The fourth-order valence-corrected chi connectivity index (χ4v) is 1.77. The Morgan fingerprint density at radius 3 is 2.76 bits per heavy atom. The van der Waals surface area contributed by atoms with Crippen molar-refractivity contribution >= 4 is 23.3 Å². The molecule has 0 N–H and O–H groups in total. The molecule has 2 aromatic rings. The van der Waals surface area contributed by atoms with Crippen LogP contribution in [0.25, 0.3) is 5.69 Å². The first-order valence-electron chi connectivity index (χ1n) is 5.56. The van der Waals surface area contributed by atoms with Crippen LogP contribution in [0.4, 0.5) is 5.69 Å². The van der Waals surface area contributed by atoms with Gasteiger partial charge < -0.3 is 4.74 Å². The highest BCUT2D eigenvalue weighted by Crippen LogP contribution is 2.24. The van der Waals surface area contributed by atoms with Crippen LogP contribution < -0.4 is 5.43 Å². The molecule has 108 valence electrons. The number of hydrogen-bond acceptors (Lipinski definition) is 6. The molecule has 8 nitrogen and oxygen atoms in total. The lowest BCUT2D eigenvalue weighted by molar-refractivity contribution is -0.384. The second kappa shape index (κ2) is 5.71. The van der Waals surface area contributed by atoms with Crippen molar-refractivity contribution in [2.24, 2.45) is 0 Å². The molecular weight excluding hydrogens is 302 g/mol. The molecule has 0 amide bonds. The van der Waals surface area contributed by atoms with Crippen LogP contribution in [0.15, 0.2) is 35.3 Å². The number of carbonyl (C=O) groups is 1. The average Bonchev–Trinajstić information content (AvgIpc) is 2.47. The van der Waals surface area contributed by atoms with Crippen LogP contribution in [-0.4, -0.2) is 27.8 Å². The highest BCUT2D eigenvalue weighted by atomic mass is 35.5. The molecule has 0 saturated heterocycles. The van der Waals surface area contributed by atoms with Gasteiger partial charge in [-0.2, -0.15) is 5.10 Å². The number of ether oxygens (including phenoxy) is 1. The third-order valence-electron chi connectivity index (χ3n) is 2.57. The van der Waals surface area contributed by atoms with E-state index in [2.05, 4.69) is 9.84 Å². The second-order valence-electron chi connectivity index (χ2n) is 3.86. The number of benzene rings is 1. The van der Waals surface area contributed by atoms with Crippen LogP contribution in [0, 0.1) is 10.1 Å². The summed E-state index contributed by atoms with van der Waals surface area (Å²) < 4.78 is 5.54. The van der Waals surface area contributed by atoms with Crippen molar-refractivity contribution in [2.75, 3.05) is 7.11 Å². The van der Waals surface area contributed by atoms with Gasteiger partial charge in [0.25, 0.3) is 5.69 Å². The predicted molar refractivity (Wildman–Crippen MR) is 72.8 cm³/mol. The van der Waals surface area contributed by atoms with Crippen molar-refractivity contribution in [3.8, 4) is 5.69 Å². The molecule has 1 aromatic heterocycles. The Morgan fingerprint density at radius 2 is 2.14 bits per heavy atom. The third-order valence-corrected chi connectivity index (χ3v) is 2.89. The Hall–Kier alpha value is -2.74. The van der Waals surface area contributed by atoms with E-state index in [-0.39, 0.29) is 16.4 Å². The van der Waals surface area contributed by atoms with Crippen molar-refractivity contribution in [1.82, 2.24) is 9.78 Å². The molecular formula is C12H8ClN3O5. The van der Waals surface area contributed by atoms with Gasteiger partial charge in [0.1, 0.15) is 0 Å². The van der Waals surface area contributed by atoms with Crippen LogP contribution in [0.3, 0.4) is 0 Å². The molecule has 0 saturated carbocycles. The number of non-ortho nitro benzene ring substituents is 1. The van der Waals surface area contributed by atoms with Gasteiger partial charge in [0.05, 0.1) is 22.7 Å². The maximum absolute atomic E-state index is 11.5. The minimum absolute atomic E-state index is 0.163. The van der Waals surface area contributed by atoms with E-state index in [9.17, 15) is 19.7 Å². The van der Waals surface area contributed by atoms with Crippen LogP contribution in [-0.2, 0) is 4.74 Å². The third kappa shape index (κ3) is 2.90. The molecule has 1 aromatic carbocycles. The topological polar surface area (TPSA) is 104 Å². The van der Waals surface area contributed by atoms with E-state index < -0.39 is 22.0 Å². The number of esters is 1. The summed E-state index contributed by atoms with van der Waals surface area (Å²) in [5.41, 5.74) is -1.10. The molecule has 0 radical (unpaired) electrons. The van der Waals surface area contributed by atoms with Crippen LogP contribution in [0.2, 0.25) is 5.02 Å². The van der Waals surface area contributed by atoms with Crippen molar-refractivity contribution in [1.29, 1.82) is 0 Å². The minimum atomic E-state index is -0.907. The van der Waals surface area contributed by atoms with E-state index in [0.29, 0.717) is 0 Å². The lowest BCUT2D eigenvalue weighted by atomic mass is 10.3. The standard InChI is InChI=1S/C12H8ClN3O5/c1-21-12(18)11-10(17)4-5-15(14-11)9-6-7(16(19)20)2-3-8(9)13/h2-6H,1H3. The summed E-state index contributed by atoms with van der Waals surface area (Å²) in [6, 6.07) is 4.83. The van der Waals surface area contributed by atoms with Crippen LogP contribution in [0.5, 0.6) is 0 Å². The Morgan fingerprint density at radius 1 is 1.43 bits per heavy atom. The summed E-state index contributed by atoms with van der Waals surface area (Å²) in [5, 5.41) is 14.8. The fraction of sp³-hybridized carbons (Fsp3) is 0.0833. The molecule has 0 fully saturated rings. The largest absolute Gasteiger partial charge is 0.464 e. The highest BCUT2D eigenvalue weighted by molar-refractivity contribution is 6.32. The van der Waals surface area contributed by atoms with Gasteiger partial charge in [-0.15, -0.1) is 0 Å². The lowest BCUT2D eigenvalue weighted by Crippen LogP contribution is -2.21. The number of nitro groups is 1. The molecule has 21 heavy (non-hydrogen) atoms. The monoisotopic (exact) mass is 309 g/mol. The maximum atomic E-state index is 11.5. The summed E-state index contributed by atoms with van der Waals surface area (Å²) in [7, 11) is 1.11. The van der Waals surface area contributed by atoms with Gasteiger partial charge in [-0.25, -0.2) is 9.48 Å². The van der Waals surface area contributed by atoms with Gasteiger partial charge >= 0.3 is 5.97 Å². The van der Waals surface area contributed by atoms with Gasteiger partial charge in [0, 0.05) is 24.4 Å². The van der Waals surface area contributed by atoms with Gasteiger partial charge in [-0.3, -0.25) is 14.9 Å². The van der Waals surface area contributed by atoms with Crippen molar-refractivity contribution in [3.63, 3.8) is 0 Å². The number of hydrogen-bond donors (Lipinski definition) is 0. The zero-order valence-electron chi connectivity index (χ0n) is 10.6. The first-order chi connectivity index (χ1) is 9.93. The first kappa shape index (κ1) is 14.7. The summed E-state index contributed by atoms with van der Waals surface area (Å²) in [5.74, 6) is -0.907. The van der Waals surface area contributed by atoms with E-state index in [4.69, 9.17) is 11.6 Å². The Balaban J connectivity index is 2.62. The summed E-state index contributed by atoms with van der Waals surface area (Å²) in [6.07, 6.45) is 1.25. The Bertz CT molecular complexity index is 787. The molecule has 0 aliphatic rings. The minimum Gasteiger partial charge on any atom is -0.464 e. The zero-order valence-corrected chi connectivity index (χ0v) is 11.4. The van der Waals surface area contributed by atoms with Gasteiger partial charge in [0.15, 0.2) is 0 Å². The quantitative estimate of drug-likeness (QED) is 0.484. The van der Waals surface area contributed by atoms with E-state index in [1.54, 1.807) is 0 Å². The molecule has 2 rings (SSSR count). The number of rotatable bonds is 3. The van der Waals surface area contributed by atoms with Crippen molar-refractivity contribution < 1.29 is 14.5 Å². The van der Waals surface area contributed by atoms with Gasteiger partial charge in [-0.1, -0.05) is 11.6 Å². The number of carbonyl (C=O) groups excluding carboxylic acids is 1. The van der Waals surface area contributed by atoms with Gasteiger partial charge in [0.2, 0.25) is 11.1 Å². The average molecular weight is 310 g/mol. The lowest BCUT2D eigenvalue weighted by Gasteiger charge is -2.08. The summed E-state index contributed by atoms with van der Waals surface area (Å²) in [6.45, 7) is 0. The molecule has 0 atom stereocenters. The number of halogens is 1. The normalized spacial score (nSPS) is 10.2. The summed E-state index contributed by atoms with van der Waals surface area (Å²) in [4.78, 5) is 33.2. The van der Waals surface area contributed by atoms with E-state index in [1.165, 1.54) is 24.4 Å². The molecule has 0 bridgehead atoms. The van der Waals surface area contributed by atoms with Crippen molar-refractivity contribution in [3.05, 3.63) is 61.5 Å². The van der Waals surface area contributed by atoms with E-state index in [0.717, 1.165) is 17.9 Å². The Kier molecular flexibility index (Phi) is 3.99. The van der Waals surface area contributed by atoms with E-state index in [1.807, 2.05) is 0 Å². The van der Waals surface area contributed by atoms with Gasteiger partial charge in [-0.05, 0) is 6.07 Å². The smallest absolute Gasteiger partial charge is 0.362 e. The summed E-state index contributed by atoms with van der Waals surface area (Å²) >= 11 is 5.96. The predicted octanol–water partition coefficient (Wildman–Crippen LogP) is 1.58. The second-order valence-corrected chi connectivity index (χ2v) is 4.26. The highest BCUT2D eigenvalue weighted by Gasteiger charge is 2.16. The number of methoxy groups -OCH3 is 1. The van der Waals surface area contributed by atoms with E-state index >= 15 is 0 Å². The molecule has 1 heterocycles. The Labute approximate surface area is 122 Å². The van der Waals surface area contributed by atoms with Crippen LogP contribution in [0.1, 0.15) is 10.5 Å². The molecule has 0 aliphatic heterocycles. The SMILES string of the molecule is COC(=O)c1nn(-c2cc([N+](=O)[O-])ccc2Cl)ccc1=O. The maximum Gasteiger partial charge on any atom is 0.362 e. The fourth-order valence-electron chi connectivity index (χ4n) is 1.57. The molecule has 9 heteroatoms. The molecule has 0 aliphatic carbocycles.